The Hall–Kier alpha value is -2.00. The molecule has 128 valence electrons. The van der Waals surface area contributed by atoms with E-state index in [0.717, 1.165) is 25.1 Å². The maximum absolute atomic E-state index is 13.6. The van der Waals surface area contributed by atoms with E-state index in [1.54, 1.807) is 13.8 Å². The Labute approximate surface area is 133 Å². The Morgan fingerprint density at radius 1 is 1.30 bits per heavy atom. The molecule has 0 saturated heterocycles. The first-order chi connectivity index (χ1) is 10.5. The molecule has 1 amide bonds. The van der Waals surface area contributed by atoms with Crippen molar-refractivity contribution >= 4 is 27.6 Å². The van der Waals surface area contributed by atoms with E-state index < -0.39 is 33.8 Å². The lowest BCUT2D eigenvalue weighted by Crippen LogP contribution is -2.41. The third-order valence-electron chi connectivity index (χ3n) is 2.86. The molecule has 0 aliphatic carbocycles. The summed E-state index contributed by atoms with van der Waals surface area (Å²) in [5, 5.41) is 11.3. The summed E-state index contributed by atoms with van der Waals surface area (Å²) in [6.45, 7) is 4.68. The monoisotopic (exact) mass is 346 g/mol. The molecule has 9 heteroatoms. The number of halogens is 1. The fourth-order valence-electron chi connectivity index (χ4n) is 1.88. The number of rotatable bonds is 7. The van der Waals surface area contributed by atoms with Gasteiger partial charge in [0.05, 0.1) is 10.6 Å². The molecule has 0 aromatic heterocycles. The van der Waals surface area contributed by atoms with Crippen molar-refractivity contribution in [2.75, 3.05) is 5.32 Å². The summed E-state index contributed by atoms with van der Waals surface area (Å²) in [4.78, 5) is 21.8. The fraction of sp³-hybridized carbons (Fsp3) is 0.429. The van der Waals surface area contributed by atoms with Crippen LogP contribution in [0.2, 0.25) is 0 Å². The summed E-state index contributed by atoms with van der Waals surface area (Å²) < 4.78 is 40.2. The third kappa shape index (κ3) is 5.61. The lowest BCUT2D eigenvalue weighted by molar-refractivity contribution is -0.139. The average Bonchev–Trinajstić information content (AvgIpc) is 2.38. The zero-order valence-corrected chi connectivity index (χ0v) is 13.8. The Morgan fingerprint density at radius 2 is 1.91 bits per heavy atom. The highest BCUT2D eigenvalue weighted by atomic mass is 32.2. The van der Waals surface area contributed by atoms with Crippen molar-refractivity contribution in [3.63, 3.8) is 0 Å². The molecule has 0 spiro atoms. The van der Waals surface area contributed by atoms with Gasteiger partial charge in [0, 0.05) is 6.92 Å². The van der Waals surface area contributed by atoms with Gasteiger partial charge in [-0.15, -0.1) is 0 Å². The summed E-state index contributed by atoms with van der Waals surface area (Å²) >= 11 is 0. The van der Waals surface area contributed by atoms with Crippen molar-refractivity contribution in [1.82, 2.24) is 4.72 Å². The van der Waals surface area contributed by atoms with Crippen LogP contribution in [0.5, 0.6) is 0 Å². The second kappa shape index (κ2) is 7.51. The number of hydrogen-bond acceptors (Lipinski definition) is 4. The molecule has 0 unspecified atom stereocenters. The Bertz CT molecular complexity index is 703. The van der Waals surface area contributed by atoms with E-state index in [1.807, 2.05) is 0 Å². The van der Waals surface area contributed by atoms with Gasteiger partial charge in [0.25, 0.3) is 0 Å². The molecular formula is C14H19FN2O5S. The number of sulfonamides is 1. The van der Waals surface area contributed by atoms with Gasteiger partial charge in [-0.05, 0) is 30.5 Å². The summed E-state index contributed by atoms with van der Waals surface area (Å²) in [6.07, 6.45) is 0.105. The number of anilines is 1. The van der Waals surface area contributed by atoms with Crippen molar-refractivity contribution in [1.29, 1.82) is 0 Å². The van der Waals surface area contributed by atoms with Crippen LogP contribution < -0.4 is 10.0 Å². The number of aliphatic carboxylic acids is 1. The number of amides is 1. The molecule has 0 fully saturated rings. The van der Waals surface area contributed by atoms with Crippen molar-refractivity contribution in [2.24, 2.45) is 5.92 Å². The smallest absolute Gasteiger partial charge is 0.321 e. The number of nitrogens with one attached hydrogen (secondary N) is 2. The quantitative estimate of drug-likeness (QED) is 0.693. The van der Waals surface area contributed by atoms with E-state index in [9.17, 15) is 22.4 Å². The first-order valence-corrected chi connectivity index (χ1v) is 8.33. The topological polar surface area (TPSA) is 113 Å². The predicted octanol–water partition coefficient (Wildman–Crippen LogP) is 1.56. The Balaban J connectivity index is 3.12. The number of benzene rings is 1. The van der Waals surface area contributed by atoms with E-state index >= 15 is 0 Å². The predicted molar refractivity (Wildman–Crippen MR) is 81.9 cm³/mol. The number of hydrogen-bond donors (Lipinski definition) is 3. The number of carbonyl (C=O) groups excluding carboxylic acids is 1. The van der Waals surface area contributed by atoms with E-state index in [1.165, 1.54) is 0 Å². The minimum atomic E-state index is -4.17. The molecule has 3 N–H and O–H groups in total. The highest BCUT2D eigenvalue weighted by molar-refractivity contribution is 7.89. The van der Waals surface area contributed by atoms with Crippen LogP contribution >= 0.6 is 0 Å². The van der Waals surface area contributed by atoms with Gasteiger partial charge in [-0.2, -0.15) is 4.72 Å². The molecule has 0 aliphatic rings. The van der Waals surface area contributed by atoms with E-state index in [-0.39, 0.29) is 22.9 Å². The SMILES string of the molecule is CC(=O)Nc1cc(S(=O)(=O)N[C@@H](CC(C)C)C(=O)O)ccc1F. The second-order valence-corrected chi connectivity index (χ2v) is 7.18. The van der Waals surface area contributed by atoms with Crippen LogP contribution in [0.25, 0.3) is 0 Å². The van der Waals surface area contributed by atoms with Crippen LogP contribution in [-0.4, -0.2) is 31.4 Å². The number of carboxylic acid groups (broad SMARTS) is 1. The van der Waals surface area contributed by atoms with Crippen LogP contribution in [0.4, 0.5) is 10.1 Å². The molecule has 1 aromatic carbocycles. The first-order valence-electron chi connectivity index (χ1n) is 6.85. The van der Waals surface area contributed by atoms with Gasteiger partial charge < -0.3 is 10.4 Å². The van der Waals surface area contributed by atoms with Gasteiger partial charge in [-0.1, -0.05) is 13.8 Å². The molecule has 0 aliphatic heterocycles. The summed E-state index contributed by atoms with van der Waals surface area (Å²) in [5.41, 5.74) is -0.295. The highest BCUT2D eigenvalue weighted by Gasteiger charge is 2.26. The van der Waals surface area contributed by atoms with Gasteiger partial charge in [0.15, 0.2) is 0 Å². The van der Waals surface area contributed by atoms with Gasteiger partial charge >= 0.3 is 5.97 Å². The van der Waals surface area contributed by atoms with Crippen molar-refractivity contribution < 1.29 is 27.5 Å². The van der Waals surface area contributed by atoms with Gasteiger partial charge in [-0.3, -0.25) is 9.59 Å². The van der Waals surface area contributed by atoms with Crippen molar-refractivity contribution in [3.8, 4) is 0 Å². The standard InChI is InChI=1S/C14H19FN2O5S/c1-8(2)6-13(14(19)20)17-23(21,22)10-4-5-11(15)12(7-10)16-9(3)18/h4-5,7-8,13,17H,6H2,1-3H3,(H,16,18)(H,19,20)/t13-/m0/s1. The van der Waals surface area contributed by atoms with E-state index in [4.69, 9.17) is 5.11 Å². The molecule has 23 heavy (non-hydrogen) atoms. The molecule has 0 radical (unpaired) electrons. The third-order valence-corrected chi connectivity index (χ3v) is 4.33. The van der Waals surface area contributed by atoms with E-state index in [0.29, 0.717) is 0 Å². The molecule has 1 atom stereocenters. The Morgan fingerprint density at radius 3 is 2.39 bits per heavy atom. The molecule has 0 heterocycles. The normalized spacial score (nSPS) is 12.9. The molecular weight excluding hydrogens is 327 g/mol. The van der Waals surface area contributed by atoms with Crippen molar-refractivity contribution in [3.05, 3.63) is 24.0 Å². The van der Waals surface area contributed by atoms with Crippen LogP contribution in [0, 0.1) is 11.7 Å². The Kier molecular flexibility index (Phi) is 6.22. The van der Waals surface area contributed by atoms with Crippen LogP contribution in [0.1, 0.15) is 27.2 Å². The van der Waals surface area contributed by atoms with Crippen LogP contribution in [0.3, 0.4) is 0 Å². The molecule has 1 rings (SSSR count). The highest BCUT2D eigenvalue weighted by Crippen LogP contribution is 2.20. The summed E-state index contributed by atoms with van der Waals surface area (Å²) in [5.74, 6) is -2.70. The van der Waals surface area contributed by atoms with Crippen LogP contribution in [0.15, 0.2) is 23.1 Å². The van der Waals surface area contributed by atoms with E-state index in [2.05, 4.69) is 10.0 Å². The van der Waals surface area contributed by atoms with Gasteiger partial charge in [0.1, 0.15) is 11.9 Å². The minimum Gasteiger partial charge on any atom is -0.480 e. The van der Waals surface area contributed by atoms with Crippen LogP contribution in [-0.2, 0) is 19.6 Å². The molecule has 1 aromatic rings. The van der Waals surface area contributed by atoms with Gasteiger partial charge in [-0.25, -0.2) is 12.8 Å². The zero-order chi connectivity index (χ0) is 17.8. The largest absolute Gasteiger partial charge is 0.480 e. The minimum absolute atomic E-state index is 0.0399. The zero-order valence-electron chi connectivity index (χ0n) is 13.0. The summed E-state index contributed by atoms with van der Waals surface area (Å²) in [6, 6.07) is 1.53. The molecule has 0 bridgehead atoms. The first kappa shape index (κ1) is 19.0. The fourth-order valence-corrected chi connectivity index (χ4v) is 3.11. The molecule has 0 saturated carbocycles. The lowest BCUT2D eigenvalue weighted by Gasteiger charge is -2.17. The second-order valence-electron chi connectivity index (χ2n) is 5.46. The maximum Gasteiger partial charge on any atom is 0.321 e. The lowest BCUT2D eigenvalue weighted by atomic mass is 10.1. The van der Waals surface area contributed by atoms with Crippen molar-refractivity contribution in [2.45, 2.75) is 38.1 Å². The van der Waals surface area contributed by atoms with Gasteiger partial charge in [0.2, 0.25) is 15.9 Å². The average molecular weight is 346 g/mol. The maximum atomic E-state index is 13.6. The number of carbonyl (C=O) groups is 2. The number of carboxylic acids is 1. The molecule has 7 nitrogen and oxygen atoms in total. The summed E-state index contributed by atoms with van der Waals surface area (Å²) in [7, 11) is -4.17.